The number of hydrogen-bond donors (Lipinski definition) is 1. The lowest BCUT2D eigenvalue weighted by molar-refractivity contribution is -0.0259. The Bertz CT molecular complexity index is 1280. The van der Waals surface area contributed by atoms with Crippen LogP contribution in [-0.4, -0.2) is 30.6 Å². The highest BCUT2D eigenvalue weighted by molar-refractivity contribution is 6.99. The van der Waals surface area contributed by atoms with Crippen LogP contribution in [0.4, 0.5) is 0 Å². The second kappa shape index (κ2) is 9.78. The van der Waals surface area contributed by atoms with Gasteiger partial charge in [0.1, 0.15) is 6.23 Å². The topological polar surface area (TPSA) is 97.1 Å². The normalized spacial score (nSPS) is 20.5. The Labute approximate surface area is 206 Å². The molecule has 1 N–H and O–H groups in total. The van der Waals surface area contributed by atoms with Crippen LogP contribution >= 0.6 is 0 Å². The molecule has 0 saturated carbocycles. The molecule has 8 heteroatoms. The summed E-state index contributed by atoms with van der Waals surface area (Å²) in [6, 6.07) is 22.9. The largest absolute Gasteiger partial charge is 0.405 e. The van der Waals surface area contributed by atoms with Crippen molar-refractivity contribution in [2.75, 3.05) is 6.61 Å². The number of ether oxygens (including phenoxy) is 1. The van der Waals surface area contributed by atoms with Gasteiger partial charge >= 0.3 is 5.69 Å². The first-order valence-corrected chi connectivity index (χ1v) is 13.7. The monoisotopic (exact) mass is 489 g/mol. The van der Waals surface area contributed by atoms with Gasteiger partial charge in [-0.15, -0.1) is 0 Å². The second-order valence-electron chi connectivity index (χ2n) is 10.1. The van der Waals surface area contributed by atoms with Gasteiger partial charge < -0.3 is 9.16 Å². The fourth-order valence-corrected chi connectivity index (χ4v) is 9.53. The van der Waals surface area contributed by atoms with Gasteiger partial charge in [-0.1, -0.05) is 81.4 Å². The fraction of sp³-hybridized carbons (Fsp3) is 0.370. The molecule has 0 unspecified atom stereocenters. The van der Waals surface area contributed by atoms with Crippen molar-refractivity contribution in [3.8, 4) is 6.07 Å². The minimum atomic E-state index is -2.79. The lowest BCUT2D eigenvalue weighted by Gasteiger charge is -2.43. The van der Waals surface area contributed by atoms with Crippen LogP contribution in [0.5, 0.6) is 0 Å². The number of aromatic nitrogens is 2. The van der Waals surface area contributed by atoms with Crippen molar-refractivity contribution >= 4 is 18.7 Å². The maximum atomic E-state index is 12.4. The third-order valence-electron chi connectivity index (χ3n) is 6.74. The summed E-state index contributed by atoms with van der Waals surface area (Å²) in [6.07, 6.45) is 0.684. The van der Waals surface area contributed by atoms with Crippen LogP contribution in [-0.2, 0) is 9.16 Å². The Kier molecular flexibility index (Phi) is 6.95. The zero-order valence-electron chi connectivity index (χ0n) is 20.5. The minimum Gasteiger partial charge on any atom is -0.405 e. The van der Waals surface area contributed by atoms with E-state index in [1.165, 1.54) is 10.8 Å². The molecule has 1 aliphatic rings. The summed E-state index contributed by atoms with van der Waals surface area (Å²) in [7, 11) is -2.79. The van der Waals surface area contributed by atoms with Gasteiger partial charge in [0, 0.05) is 18.2 Å². The maximum absolute atomic E-state index is 12.4. The van der Waals surface area contributed by atoms with Crippen molar-refractivity contribution < 1.29 is 9.16 Å². The van der Waals surface area contributed by atoms with E-state index < -0.39 is 37.8 Å². The Morgan fingerprint density at radius 2 is 1.66 bits per heavy atom. The molecule has 1 aliphatic heterocycles. The zero-order valence-corrected chi connectivity index (χ0v) is 21.5. The average molecular weight is 490 g/mol. The summed E-state index contributed by atoms with van der Waals surface area (Å²) in [6.45, 7) is 8.44. The predicted octanol–water partition coefficient (Wildman–Crippen LogP) is 2.85. The van der Waals surface area contributed by atoms with Crippen LogP contribution in [0.25, 0.3) is 0 Å². The number of H-pyrrole nitrogens is 1. The van der Waals surface area contributed by atoms with E-state index in [-0.39, 0.29) is 11.6 Å². The summed E-state index contributed by atoms with van der Waals surface area (Å²) in [5.74, 6) is -0.447. The van der Waals surface area contributed by atoms with Crippen LogP contribution in [0.2, 0.25) is 5.04 Å². The molecule has 2 heterocycles. The van der Waals surface area contributed by atoms with E-state index in [2.05, 4.69) is 56.1 Å². The van der Waals surface area contributed by atoms with Gasteiger partial charge in [-0.25, -0.2) is 4.79 Å². The molecule has 7 nitrogen and oxygen atoms in total. The molecule has 0 amide bonds. The number of rotatable bonds is 6. The summed E-state index contributed by atoms with van der Waals surface area (Å²) < 4.78 is 14.5. The molecule has 2 aromatic carbocycles. The highest BCUT2D eigenvalue weighted by Crippen LogP contribution is 2.39. The number of nitrogens with zero attached hydrogens (tertiary/aromatic N) is 2. The lowest BCUT2D eigenvalue weighted by Crippen LogP contribution is -2.67. The minimum absolute atomic E-state index is 0.206. The van der Waals surface area contributed by atoms with E-state index in [9.17, 15) is 14.9 Å². The Hall–Kier alpha value is -3.25. The number of benzene rings is 2. The van der Waals surface area contributed by atoms with Gasteiger partial charge in [0.2, 0.25) is 0 Å². The number of aryl methyl sites for hydroxylation is 1. The molecule has 1 aromatic heterocycles. The molecular weight excluding hydrogens is 458 g/mol. The van der Waals surface area contributed by atoms with Crippen molar-refractivity contribution in [1.29, 1.82) is 5.26 Å². The molecule has 0 aliphatic carbocycles. The van der Waals surface area contributed by atoms with E-state index in [0.29, 0.717) is 12.0 Å². The number of aromatic amines is 1. The summed E-state index contributed by atoms with van der Waals surface area (Å²) >= 11 is 0. The Balaban J connectivity index is 1.69. The van der Waals surface area contributed by atoms with Gasteiger partial charge in [-0.2, -0.15) is 5.26 Å². The van der Waals surface area contributed by atoms with E-state index in [0.717, 1.165) is 10.4 Å². The molecular formula is C27H31N3O4Si. The van der Waals surface area contributed by atoms with Crippen LogP contribution in [0, 0.1) is 24.2 Å². The molecule has 182 valence electrons. The average Bonchev–Trinajstić information content (AvgIpc) is 3.25. The van der Waals surface area contributed by atoms with E-state index in [4.69, 9.17) is 9.16 Å². The highest BCUT2D eigenvalue weighted by Gasteiger charge is 2.51. The smallest absolute Gasteiger partial charge is 0.330 e. The van der Waals surface area contributed by atoms with Crippen molar-refractivity contribution in [3.05, 3.63) is 93.3 Å². The van der Waals surface area contributed by atoms with E-state index in [1.54, 1.807) is 6.92 Å². The van der Waals surface area contributed by atoms with Gasteiger partial charge in [0.25, 0.3) is 13.9 Å². The number of nitriles is 1. The first-order valence-electron chi connectivity index (χ1n) is 11.8. The molecule has 35 heavy (non-hydrogen) atoms. The summed E-state index contributed by atoms with van der Waals surface area (Å²) in [5, 5.41) is 12.0. The highest BCUT2D eigenvalue weighted by atomic mass is 28.4. The molecule has 4 rings (SSSR count). The van der Waals surface area contributed by atoms with Gasteiger partial charge in [-0.05, 0) is 22.3 Å². The molecule has 0 bridgehead atoms. The Morgan fingerprint density at radius 3 is 2.17 bits per heavy atom. The first kappa shape index (κ1) is 24.9. The van der Waals surface area contributed by atoms with Gasteiger partial charge in [0.15, 0.2) is 0 Å². The SMILES string of the molecule is Cc1cn([C@H]2C[C@H](C#N)[C@@H](CO[Si](c3ccccc3)(c3ccccc3)C(C)(C)C)O2)c(=O)[nH]c1=O. The third kappa shape index (κ3) is 4.67. The third-order valence-corrected chi connectivity index (χ3v) is 11.7. The van der Waals surface area contributed by atoms with Crippen molar-refractivity contribution in [3.63, 3.8) is 0 Å². The second-order valence-corrected chi connectivity index (χ2v) is 14.4. The molecule has 1 fully saturated rings. The number of hydrogen-bond acceptors (Lipinski definition) is 5. The molecule has 0 spiro atoms. The fourth-order valence-electron chi connectivity index (χ4n) is 4.96. The molecule has 3 atom stereocenters. The summed E-state index contributed by atoms with van der Waals surface area (Å²) in [4.78, 5) is 26.5. The van der Waals surface area contributed by atoms with Gasteiger partial charge in [0.05, 0.1) is 24.7 Å². The molecule has 1 saturated heterocycles. The van der Waals surface area contributed by atoms with Crippen molar-refractivity contribution in [2.45, 2.75) is 51.5 Å². The maximum Gasteiger partial charge on any atom is 0.330 e. The van der Waals surface area contributed by atoms with Crippen LogP contribution in [0.15, 0.2) is 76.4 Å². The van der Waals surface area contributed by atoms with Crippen LogP contribution in [0.1, 0.15) is 39.0 Å². The standard InChI is InChI=1S/C27H31N3O4Si/c1-19-17-30(26(32)29-25(19)31)24-15-20(16-28)23(34-24)18-33-35(27(2,3)4,21-11-7-5-8-12-21)22-13-9-6-10-14-22/h5-14,17,20,23-24H,15,18H2,1-4H3,(H,29,31,32)/t20-,23-,24-/m1/s1. The van der Waals surface area contributed by atoms with Crippen molar-refractivity contribution in [1.82, 2.24) is 9.55 Å². The van der Waals surface area contributed by atoms with Crippen molar-refractivity contribution in [2.24, 2.45) is 5.92 Å². The predicted molar refractivity (Wildman–Crippen MR) is 137 cm³/mol. The van der Waals surface area contributed by atoms with E-state index in [1.807, 2.05) is 36.4 Å². The van der Waals surface area contributed by atoms with Crippen LogP contribution in [0.3, 0.4) is 0 Å². The summed E-state index contributed by atoms with van der Waals surface area (Å²) in [5.41, 5.74) is -0.558. The Morgan fingerprint density at radius 1 is 1.09 bits per heavy atom. The lowest BCUT2D eigenvalue weighted by atomic mass is 10.0. The van der Waals surface area contributed by atoms with E-state index >= 15 is 0 Å². The zero-order chi connectivity index (χ0) is 25.2. The quantitative estimate of drug-likeness (QED) is 0.537. The number of nitrogens with one attached hydrogen (secondary N) is 1. The first-order chi connectivity index (χ1) is 16.7. The van der Waals surface area contributed by atoms with Gasteiger partial charge in [-0.3, -0.25) is 14.3 Å². The van der Waals surface area contributed by atoms with Crippen LogP contribution < -0.4 is 21.6 Å². The molecule has 3 aromatic rings. The molecule has 0 radical (unpaired) electrons.